The molecule has 1 saturated carbocycles. The first-order valence-corrected chi connectivity index (χ1v) is 10.7. The first kappa shape index (κ1) is 19.3. The summed E-state index contributed by atoms with van der Waals surface area (Å²) in [5, 5.41) is 14.8. The molecule has 0 unspecified atom stereocenters. The Kier molecular flexibility index (Phi) is 5.08. The van der Waals surface area contributed by atoms with Crippen molar-refractivity contribution in [2.24, 2.45) is 23.5 Å². The van der Waals surface area contributed by atoms with Crippen LogP contribution in [0.3, 0.4) is 0 Å². The van der Waals surface area contributed by atoms with Crippen LogP contribution in [0.5, 0.6) is 0 Å². The molecule has 2 bridgehead atoms. The molecular weight excluding hydrogens is 404 g/mol. The molecule has 3 aliphatic rings. The second kappa shape index (κ2) is 7.88. The van der Waals surface area contributed by atoms with Gasteiger partial charge in [-0.05, 0) is 37.6 Å². The van der Waals surface area contributed by atoms with E-state index in [0.717, 1.165) is 38.0 Å². The molecule has 0 radical (unpaired) electrons. The number of hydrogen-bond donors (Lipinski definition) is 4. The van der Waals surface area contributed by atoms with Gasteiger partial charge in [0.2, 0.25) is 11.9 Å². The number of nitrogens with two attached hydrogens (primary N) is 1. The Morgan fingerprint density at radius 3 is 2.97 bits per heavy atom. The summed E-state index contributed by atoms with van der Waals surface area (Å²) in [5.74, 6) is 0.788. The number of hydrogen-bond acceptors (Lipinski definition) is 7. The summed E-state index contributed by atoms with van der Waals surface area (Å²) in [4.78, 5) is 20.8. The fourth-order valence-electron chi connectivity index (χ4n) is 4.88. The smallest absolute Gasteiger partial charge is 0.229 e. The Morgan fingerprint density at radius 2 is 2.17 bits per heavy atom. The third-order valence-corrected chi connectivity index (χ3v) is 6.61. The lowest BCUT2D eigenvalue weighted by Gasteiger charge is -2.27. The lowest BCUT2D eigenvalue weighted by Crippen LogP contribution is -2.41. The number of anilines is 3. The van der Waals surface area contributed by atoms with Crippen molar-refractivity contribution in [1.82, 2.24) is 25.1 Å². The normalized spacial score (nSPS) is 29.8. The zero-order valence-electron chi connectivity index (χ0n) is 16.5. The number of nitrogens with zero attached hydrogens (tertiary/aromatic N) is 4. The average Bonchev–Trinajstić information content (AvgIpc) is 3.47. The second-order valence-electron chi connectivity index (χ2n) is 8.27. The number of primary amides is 1. The lowest BCUT2D eigenvalue weighted by molar-refractivity contribution is -0.122. The average molecular weight is 429 g/mol. The van der Waals surface area contributed by atoms with Gasteiger partial charge in [-0.1, -0.05) is 23.8 Å². The van der Waals surface area contributed by atoms with Crippen LogP contribution >= 0.6 is 11.6 Å². The lowest BCUT2D eigenvalue weighted by atomic mass is 9.88. The number of allylic oxidation sites excluding steroid dienone is 1. The molecule has 2 aromatic rings. The Balaban J connectivity index is 1.31. The number of fused-ring (bicyclic) bond motifs is 2. The number of halogens is 1. The van der Waals surface area contributed by atoms with E-state index in [-0.39, 0.29) is 29.7 Å². The van der Waals surface area contributed by atoms with Gasteiger partial charge in [0.1, 0.15) is 5.02 Å². The third kappa shape index (κ3) is 3.63. The molecule has 9 nitrogen and oxygen atoms in total. The van der Waals surface area contributed by atoms with Crippen LogP contribution in [-0.2, 0) is 4.79 Å². The maximum atomic E-state index is 12.0. The topological polar surface area (TPSA) is 123 Å². The van der Waals surface area contributed by atoms with Crippen molar-refractivity contribution >= 4 is 35.0 Å². The zero-order chi connectivity index (χ0) is 20.7. The summed E-state index contributed by atoms with van der Waals surface area (Å²) in [6, 6.07) is 0.244. The highest BCUT2D eigenvalue weighted by Gasteiger charge is 2.47. The van der Waals surface area contributed by atoms with E-state index in [4.69, 9.17) is 17.3 Å². The van der Waals surface area contributed by atoms with E-state index in [9.17, 15) is 4.79 Å². The molecule has 1 amide bonds. The van der Waals surface area contributed by atoms with Crippen molar-refractivity contribution in [3.63, 3.8) is 0 Å². The molecule has 0 aromatic carbocycles. The third-order valence-electron chi connectivity index (χ3n) is 6.34. The minimum atomic E-state index is -0.294. The Labute approximate surface area is 179 Å². The maximum Gasteiger partial charge on any atom is 0.229 e. The molecule has 3 heterocycles. The molecule has 0 spiro atoms. The standard InChI is InChI=1S/C20H25ClN8O/c21-15-9-24-20(26-13-7-25-29(10-13)14-2-1-5-23-8-14)28-19(15)27-17-12-4-3-11(6-12)16(17)18(22)30/h3-4,7,9-12,14,16-17,23H,1-2,5-6,8H2,(H2,22,30)(H2,24,26,27,28)/t11-,12+,14-,16+,17-/m1/s1. The van der Waals surface area contributed by atoms with Gasteiger partial charge >= 0.3 is 0 Å². The number of rotatable bonds is 6. The number of nitrogens with one attached hydrogen (secondary N) is 3. The molecule has 158 valence electrons. The predicted molar refractivity (Wildman–Crippen MR) is 115 cm³/mol. The molecule has 10 heteroatoms. The minimum absolute atomic E-state index is 0.112. The molecule has 5 N–H and O–H groups in total. The van der Waals surface area contributed by atoms with Gasteiger partial charge in [0, 0.05) is 18.8 Å². The molecule has 5 rings (SSSR count). The Morgan fingerprint density at radius 1 is 1.30 bits per heavy atom. The fraction of sp³-hybridized carbons (Fsp3) is 0.500. The van der Waals surface area contributed by atoms with Gasteiger partial charge < -0.3 is 21.7 Å². The van der Waals surface area contributed by atoms with Gasteiger partial charge in [0.25, 0.3) is 0 Å². The van der Waals surface area contributed by atoms with Crippen LogP contribution in [0.15, 0.2) is 30.7 Å². The van der Waals surface area contributed by atoms with Crippen LogP contribution in [0.25, 0.3) is 0 Å². The van der Waals surface area contributed by atoms with E-state index >= 15 is 0 Å². The van der Waals surface area contributed by atoms with Gasteiger partial charge in [-0.25, -0.2) is 4.98 Å². The van der Waals surface area contributed by atoms with Crippen LogP contribution in [-0.4, -0.2) is 44.8 Å². The molecule has 1 saturated heterocycles. The van der Waals surface area contributed by atoms with Crippen molar-refractivity contribution in [1.29, 1.82) is 0 Å². The zero-order valence-corrected chi connectivity index (χ0v) is 17.2. The van der Waals surface area contributed by atoms with Crippen molar-refractivity contribution in [3.05, 3.63) is 35.8 Å². The summed E-state index contributed by atoms with van der Waals surface area (Å²) < 4.78 is 1.97. The van der Waals surface area contributed by atoms with Gasteiger partial charge in [-0.15, -0.1) is 0 Å². The van der Waals surface area contributed by atoms with Crippen LogP contribution in [0.1, 0.15) is 25.3 Å². The summed E-state index contributed by atoms with van der Waals surface area (Å²) in [6.07, 6.45) is 12.7. The van der Waals surface area contributed by atoms with Crippen molar-refractivity contribution < 1.29 is 4.79 Å². The number of carbonyl (C=O) groups excluding carboxylic acids is 1. The van der Waals surface area contributed by atoms with Crippen molar-refractivity contribution in [2.45, 2.75) is 31.3 Å². The molecule has 2 aliphatic carbocycles. The second-order valence-corrected chi connectivity index (χ2v) is 8.68. The van der Waals surface area contributed by atoms with Crippen LogP contribution < -0.4 is 21.7 Å². The van der Waals surface area contributed by atoms with E-state index in [0.29, 0.717) is 22.8 Å². The molecule has 2 aromatic heterocycles. The number of aromatic nitrogens is 4. The fourth-order valence-corrected chi connectivity index (χ4v) is 5.03. The summed E-state index contributed by atoms with van der Waals surface area (Å²) in [5.41, 5.74) is 6.47. The largest absolute Gasteiger partial charge is 0.369 e. The predicted octanol–water partition coefficient (Wildman–Crippen LogP) is 2.08. The van der Waals surface area contributed by atoms with Crippen LogP contribution in [0.4, 0.5) is 17.5 Å². The quantitative estimate of drug-likeness (QED) is 0.519. The minimum Gasteiger partial charge on any atom is -0.369 e. The van der Waals surface area contributed by atoms with E-state index in [1.807, 2.05) is 10.9 Å². The van der Waals surface area contributed by atoms with E-state index in [1.165, 1.54) is 0 Å². The highest BCUT2D eigenvalue weighted by molar-refractivity contribution is 6.32. The SMILES string of the molecule is NC(=O)[C@@H]1[C@H](Nc2nc(Nc3cnn([C@@H]4CCCNC4)c3)ncc2Cl)[C@H]2C=C[C@@H]1C2. The number of carbonyl (C=O) groups is 1. The first-order valence-electron chi connectivity index (χ1n) is 10.4. The van der Waals surface area contributed by atoms with E-state index in [2.05, 4.69) is 43.2 Å². The van der Waals surface area contributed by atoms with Crippen molar-refractivity contribution in [2.75, 3.05) is 23.7 Å². The highest BCUT2D eigenvalue weighted by Crippen LogP contribution is 2.45. The highest BCUT2D eigenvalue weighted by atomic mass is 35.5. The van der Waals surface area contributed by atoms with Crippen molar-refractivity contribution in [3.8, 4) is 0 Å². The Bertz CT molecular complexity index is 969. The Hall–Kier alpha value is -2.65. The number of piperidine rings is 1. The van der Waals surface area contributed by atoms with E-state index < -0.39 is 0 Å². The monoisotopic (exact) mass is 428 g/mol. The molecular formula is C20H25ClN8O. The van der Waals surface area contributed by atoms with Gasteiger partial charge in [-0.3, -0.25) is 9.48 Å². The molecule has 1 aliphatic heterocycles. The van der Waals surface area contributed by atoms with Gasteiger partial charge in [-0.2, -0.15) is 10.1 Å². The summed E-state index contributed by atoms with van der Waals surface area (Å²) >= 11 is 6.34. The molecule has 5 atom stereocenters. The van der Waals surface area contributed by atoms with Crippen LogP contribution in [0.2, 0.25) is 5.02 Å². The number of amides is 1. The first-order chi connectivity index (χ1) is 14.6. The summed E-state index contributed by atoms with van der Waals surface area (Å²) in [6.45, 7) is 1.98. The van der Waals surface area contributed by atoms with Gasteiger partial charge in [0.15, 0.2) is 5.82 Å². The molecule has 30 heavy (non-hydrogen) atoms. The summed E-state index contributed by atoms with van der Waals surface area (Å²) in [7, 11) is 0. The van der Waals surface area contributed by atoms with E-state index in [1.54, 1.807) is 12.4 Å². The maximum absolute atomic E-state index is 12.0. The van der Waals surface area contributed by atoms with Crippen LogP contribution in [0, 0.1) is 17.8 Å². The van der Waals surface area contributed by atoms with Gasteiger partial charge in [0.05, 0.1) is 30.0 Å². The molecule has 2 fully saturated rings.